The summed E-state index contributed by atoms with van der Waals surface area (Å²) in [5.74, 6) is -2.97. The second-order valence-corrected chi connectivity index (χ2v) is 1.76. The van der Waals surface area contributed by atoms with Gasteiger partial charge in [-0.15, -0.1) is 0 Å². The van der Waals surface area contributed by atoms with Crippen molar-refractivity contribution < 1.29 is 24.2 Å². The van der Waals surface area contributed by atoms with Gasteiger partial charge in [0.15, 0.2) is 0 Å². The Morgan fingerprint density at radius 2 is 1.91 bits per heavy atom. The van der Waals surface area contributed by atoms with Gasteiger partial charge < -0.3 is 14.6 Å². The molecule has 1 aromatic heterocycles. The lowest BCUT2D eigenvalue weighted by Gasteiger charge is -1.84. The number of rotatable bonds is 2. The van der Waals surface area contributed by atoms with Gasteiger partial charge in [-0.1, -0.05) is 0 Å². The van der Waals surface area contributed by atoms with Gasteiger partial charge in [-0.25, -0.2) is 9.59 Å². The van der Waals surface area contributed by atoms with Gasteiger partial charge in [0.25, 0.3) is 1.43 Å². The molecule has 0 bridgehead atoms. The first-order valence-electron chi connectivity index (χ1n) is 3.06. The summed E-state index contributed by atoms with van der Waals surface area (Å²) in [5.41, 5.74) is 0. The Morgan fingerprint density at radius 3 is 2.27 bits per heavy atom. The number of carbonyl (C=O) groups is 2. The maximum atomic E-state index is 10.6. The van der Waals surface area contributed by atoms with Gasteiger partial charge >= 0.3 is 11.9 Å². The van der Waals surface area contributed by atoms with E-state index in [0.29, 0.717) is 0 Å². The van der Waals surface area contributed by atoms with Crippen LogP contribution in [0.25, 0.3) is 1.43 Å². The summed E-state index contributed by atoms with van der Waals surface area (Å²) in [6.45, 7) is 0. The Kier molecular flexibility index (Phi) is 1.33. The van der Waals surface area contributed by atoms with E-state index < -0.39 is 11.9 Å². The first-order chi connectivity index (χ1) is 5.65. The largest absolute Gasteiger partial charge is 0.475 e. The SMILES string of the molecule is [2H]OC(=O)c1ccc(C(=O)O)o1. The molecule has 2 N–H and O–H groups in total. The van der Waals surface area contributed by atoms with Crippen LogP contribution in [-0.2, 0) is 0 Å². The third kappa shape index (κ3) is 1.37. The predicted molar refractivity (Wildman–Crippen MR) is 32.6 cm³/mol. The predicted octanol–water partition coefficient (Wildman–Crippen LogP) is 0.676. The molecule has 0 aliphatic carbocycles. The van der Waals surface area contributed by atoms with E-state index in [2.05, 4.69) is 9.53 Å². The van der Waals surface area contributed by atoms with E-state index in [-0.39, 0.29) is 11.5 Å². The minimum absolute atomic E-state index is 0.303. The van der Waals surface area contributed by atoms with Crippen LogP contribution < -0.4 is 0 Å². The molecule has 1 rings (SSSR count). The summed E-state index contributed by atoms with van der Waals surface area (Å²) in [4.78, 5) is 20.8. The molecule has 0 radical (unpaired) electrons. The van der Waals surface area contributed by atoms with Crippen molar-refractivity contribution in [2.45, 2.75) is 0 Å². The number of carboxylic acid groups (broad SMARTS) is 2. The van der Waals surface area contributed by atoms with Crippen LogP contribution in [0.15, 0.2) is 16.5 Å². The van der Waals surface area contributed by atoms with Crippen LogP contribution in [0, 0.1) is 0 Å². The standard InChI is InChI=1S/C6H4O5/c7-5(8)3-1-2-4(11-3)6(9)10/h1-2H,(H,7,8)(H,9,10)/i/hD. The fraction of sp³-hybridized carbons (Fsp3) is 0. The molecule has 0 aromatic carbocycles. The molecular formula is C6H4O5. The molecule has 1 aromatic rings. The Bertz CT molecular complexity index is 315. The average Bonchev–Trinajstić information content (AvgIpc) is 2.51. The average molecular weight is 157 g/mol. The van der Waals surface area contributed by atoms with Gasteiger partial charge in [0.2, 0.25) is 11.5 Å². The summed E-state index contributed by atoms with van der Waals surface area (Å²) in [6.07, 6.45) is 0. The van der Waals surface area contributed by atoms with Crippen molar-refractivity contribution in [3.05, 3.63) is 23.7 Å². The van der Waals surface area contributed by atoms with Crippen molar-refractivity contribution in [3.63, 3.8) is 0 Å². The summed E-state index contributed by atoms with van der Waals surface area (Å²) in [7, 11) is 0. The zero-order chi connectivity index (χ0) is 9.14. The second-order valence-electron chi connectivity index (χ2n) is 1.76. The van der Waals surface area contributed by atoms with Gasteiger partial charge in [-0.05, 0) is 12.1 Å². The van der Waals surface area contributed by atoms with Gasteiger partial charge in [0.05, 0.1) is 0 Å². The highest BCUT2D eigenvalue weighted by Gasteiger charge is 2.12. The molecule has 0 aliphatic rings. The van der Waals surface area contributed by atoms with Gasteiger partial charge in [0.1, 0.15) is 0 Å². The fourth-order valence-electron chi connectivity index (χ4n) is 0.563. The van der Waals surface area contributed by atoms with Crippen molar-refractivity contribution in [1.82, 2.24) is 0 Å². The van der Waals surface area contributed by atoms with E-state index in [9.17, 15) is 9.59 Å². The zero-order valence-corrected chi connectivity index (χ0v) is 5.23. The second kappa shape index (κ2) is 2.45. The van der Waals surface area contributed by atoms with Crippen LogP contribution in [0.1, 0.15) is 21.1 Å². The Hall–Kier alpha value is -1.78. The summed E-state index contributed by atoms with van der Waals surface area (Å²) in [6, 6.07) is 2.23. The van der Waals surface area contributed by atoms with E-state index >= 15 is 0 Å². The van der Waals surface area contributed by atoms with Gasteiger partial charge in [-0.2, -0.15) is 0 Å². The third-order valence-corrected chi connectivity index (χ3v) is 1.02. The Morgan fingerprint density at radius 1 is 1.36 bits per heavy atom. The maximum Gasteiger partial charge on any atom is 0.371 e. The lowest BCUT2D eigenvalue weighted by Crippen LogP contribution is -1.94. The number of carboxylic acids is 2. The fourth-order valence-corrected chi connectivity index (χ4v) is 0.563. The normalized spacial score (nSPS) is 10.4. The van der Waals surface area contributed by atoms with Crippen LogP contribution in [-0.4, -0.2) is 22.2 Å². The third-order valence-electron chi connectivity index (χ3n) is 1.02. The molecule has 11 heavy (non-hydrogen) atoms. The zero-order valence-electron chi connectivity index (χ0n) is 6.23. The monoisotopic (exact) mass is 157 g/mol. The van der Waals surface area contributed by atoms with E-state index in [0.717, 1.165) is 12.1 Å². The molecule has 0 saturated carbocycles. The lowest BCUT2D eigenvalue weighted by atomic mass is 10.4. The van der Waals surface area contributed by atoms with Crippen LogP contribution >= 0.6 is 0 Å². The quantitative estimate of drug-likeness (QED) is 0.658. The molecule has 0 unspecified atom stereocenters. The summed E-state index contributed by atoms with van der Waals surface area (Å²) < 4.78 is 10.7. The van der Waals surface area contributed by atoms with Crippen molar-refractivity contribution in [1.29, 1.82) is 1.43 Å². The van der Waals surface area contributed by atoms with E-state index in [1.54, 1.807) is 0 Å². The molecular weight excluding hydrogens is 152 g/mol. The van der Waals surface area contributed by atoms with E-state index in [1.807, 2.05) is 0 Å². The summed E-state index contributed by atoms with van der Waals surface area (Å²) >= 11 is 0. The van der Waals surface area contributed by atoms with Crippen molar-refractivity contribution in [2.75, 3.05) is 0 Å². The summed E-state index contributed by atoms with van der Waals surface area (Å²) in [5, 5.41) is 11.9. The molecule has 1 heterocycles. The molecule has 0 fully saturated rings. The highest BCUT2D eigenvalue weighted by Crippen LogP contribution is 2.06. The number of hydrogen-bond acceptors (Lipinski definition) is 4. The van der Waals surface area contributed by atoms with Crippen molar-refractivity contribution in [3.8, 4) is 0 Å². The molecule has 58 valence electrons. The van der Waals surface area contributed by atoms with Crippen LogP contribution in [0.3, 0.4) is 0 Å². The van der Waals surface area contributed by atoms with Crippen LogP contribution in [0.5, 0.6) is 0 Å². The topological polar surface area (TPSA) is 87.7 Å². The molecule has 0 atom stereocenters. The van der Waals surface area contributed by atoms with E-state index in [4.69, 9.17) is 6.54 Å². The first kappa shape index (κ1) is 5.96. The maximum absolute atomic E-state index is 10.6. The molecule has 5 heteroatoms. The minimum atomic E-state index is -1.28. The number of hydrogen-bond donors (Lipinski definition) is 2. The van der Waals surface area contributed by atoms with Crippen LogP contribution in [0.4, 0.5) is 0 Å². The Balaban J connectivity index is 2.91. The highest BCUT2D eigenvalue weighted by molar-refractivity contribution is 5.88. The lowest BCUT2D eigenvalue weighted by molar-refractivity contribution is 0.0632. The molecule has 0 amide bonds. The molecule has 0 aliphatic heterocycles. The first-order valence-corrected chi connectivity index (χ1v) is 2.65. The Labute approximate surface area is 62.4 Å². The number of aromatic carboxylic acids is 2. The van der Waals surface area contributed by atoms with Crippen molar-refractivity contribution in [2.24, 2.45) is 0 Å². The molecule has 0 saturated heterocycles. The van der Waals surface area contributed by atoms with E-state index in [1.165, 1.54) is 0 Å². The van der Waals surface area contributed by atoms with Crippen molar-refractivity contribution >= 4 is 11.9 Å². The van der Waals surface area contributed by atoms with Crippen LogP contribution in [0.2, 0.25) is 0 Å². The molecule has 5 nitrogen and oxygen atoms in total. The number of furan rings is 1. The highest BCUT2D eigenvalue weighted by atomic mass is 16.4. The van der Waals surface area contributed by atoms with Gasteiger partial charge in [0, 0.05) is 0 Å². The minimum Gasteiger partial charge on any atom is -0.475 e. The smallest absolute Gasteiger partial charge is 0.371 e. The molecule has 0 spiro atoms. The van der Waals surface area contributed by atoms with Gasteiger partial charge in [-0.3, -0.25) is 0 Å².